The molecule has 0 bridgehead atoms. The Morgan fingerprint density at radius 3 is 2.80 bits per heavy atom. The SMILES string of the molecule is N#CC1(Cn2cc(Br)c3cccc(F)c3c2=O)CCC1. The van der Waals surface area contributed by atoms with Crippen LogP contribution < -0.4 is 5.56 Å². The van der Waals surface area contributed by atoms with Gasteiger partial charge in [0.2, 0.25) is 0 Å². The van der Waals surface area contributed by atoms with Gasteiger partial charge in [-0.3, -0.25) is 4.79 Å². The van der Waals surface area contributed by atoms with Gasteiger partial charge in [0.15, 0.2) is 0 Å². The normalized spacial score (nSPS) is 16.6. The van der Waals surface area contributed by atoms with E-state index < -0.39 is 11.2 Å². The van der Waals surface area contributed by atoms with E-state index >= 15 is 0 Å². The van der Waals surface area contributed by atoms with Gasteiger partial charge in [0.25, 0.3) is 5.56 Å². The molecule has 1 aliphatic rings. The van der Waals surface area contributed by atoms with Crippen LogP contribution in [0.3, 0.4) is 0 Å². The molecule has 2 aromatic rings. The van der Waals surface area contributed by atoms with Crippen LogP contribution in [0.5, 0.6) is 0 Å². The molecule has 0 aliphatic heterocycles. The van der Waals surface area contributed by atoms with Gasteiger partial charge in [0.05, 0.1) is 16.9 Å². The average molecular weight is 335 g/mol. The van der Waals surface area contributed by atoms with Crippen molar-refractivity contribution in [3.63, 3.8) is 0 Å². The fraction of sp³-hybridized carbons (Fsp3) is 0.333. The second-order valence-electron chi connectivity index (χ2n) is 5.32. The highest BCUT2D eigenvalue weighted by atomic mass is 79.9. The molecular formula is C15H12BrFN2O. The molecule has 1 aromatic carbocycles. The summed E-state index contributed by atoms with van der Waals surface area (Å²) >= 11 is 3.38. The maximum Gasteiger partial charge on any atom is 0.261 e. The zero-order valence-corrected chi connectivity index (χ0v) is 12.3. The van der Waals surface area contributed by atoms with Crippen molar-refractivity contribution in [2.45, 2.75) is 25.8 Å². The number of benzene rings is 1. The third kappa shape index (κ3) is 1.95. The maximum atomic E-state index is 13.9. The third-order valence-corrected chi connectivity index (χ3v) is 4.67. The number of fused-ring (bicyclic) bond motifs is 1. The van der Waals surface area contributed by atoms with E-state index in [0.717, 1.165) is 19.3 Å². The fourth-order valence-corrected chi connectivity index (χ4v) is 3.28. The predicted octanol–water partition coefficient (Wildman–Crippen LogP) is 3.60. The largest absolute Gasteiger partial charge is 0.312 e. The second kappa shape index (κ2) is 4.71. The van der Waals surface area contributed by atoms with Crippen molar-refractivity contribution in [1.82, 2.24) is 4.57 Å². The summed E-state index contributed by atoms with van der Waals surface area (Å²) in [5, 5.41) is 9.91. The first kappa shape index (κ1) is 13.3. The molecular weight excluding hydrogens is 323 g/mol. The van der Waals surface area contributed by atoms with Gasteiger partial charge < -0.3 is 4.57 Å². The van der Waals surface area contributed by atoms with Gasteiger partial charge in [-0.05, 0) is 34.8 Å². The molecule has 0 N–H and O–H groups in total. The number of hydrogen-bond donors (Lipinski definition) is 0. The van der Waals surface area contributed by atoms with Gasteiger partial charge in [-0.25, -0.2) is 4.39 Å². The molecule has 0 spiro atoms. The van der Waals surface area contributed by atoms with Crippen LogP contribution >= 0.6 is 15.9 Å². The molecule has 3 nitrogen and oxygen atoms in total. The third-order valence-electron chi connectivity index (χ3n) is 4.04. The van der Waals surface area contributed by atoms with Crippen LogP contribution in [0, 0.1) is 22.6 Å². The zero-order valence-electron chi connectivity index (χ0n) is 10.7. The minimum absolute atomic E-state index is 0.0780. The molecule has 102 valence electrons. The van der Waals surface area contributed by atoms with Crippen molar-refractivity contribution < 1.29 is 4.39 Å². The highest BCUT2D eigenvalue weighted by Gasteiger charge is 2.38. The van der Waals surface area contributed by atoms with Crippen LogP contribution in [0.1, 0.15) is 19.3 Å². The zero-order chi connectivity index (χ0) is 14.3. The van der Waals surface area contributed by atoms with E-state index in [2.05, 4.69) is 22.0 Å². The molecule has 1 aliphatic carbocycles. The van der Waals surface area contributed by atoms with Gasteiger partial charge in [0, 0.05) is 22.6 Å². The summed E-state index contributed by atoms with van der Waals surface area (Å²) in [7, 11) is 0. The number of rotatable bonds is 2. The molecule has 0 radical (unpaired) electrons. The summed E-state index contributed by atoms with van der Waals surface area (Å²) in [6.45, 7) is 0.325. The van der Waals surface area contributed by atoms with Gasteiger partial charge in [-0.2, -0.15) is 5.26 Å². The first-order valence-electron chi connectivity index (χ1n) is 6.45. The molecule has 5 heteroatoms. The molecule has 1 heterocycles. The van der Waals surface area contributed by atoms with Crippen LogP contribution in [-0.4, -0.2) is 4.57 Å². The van der Waals surface area contributed by atoms with Crippen molar-refractivity contribution in [2.75, 3.05) is 0 Å². The maximum absolute atomic E-state index is 13.9. The lowest BCUT2D eigenvalue weighted by Gasteiger charge is -2.35. The Hall–Kier alpha value is -1.67. The van der Waals surface area contributed by atoms with Gasteiger partial charge in [-0.1, -0.05) is 18.6 Å². The summed E-state index contributed by atoms with van der Waals surface area (Å²) in [5.74, 6) is -0.526. The molecule has 20 heavy (non-hydrogen) atoms. The van der Waals surface area contributed by atoms with Crippen LogP contribution in [0.15, 0.2) is 33.7 Å². The summed E-state index contributed by atoms with van der Waals surface area (Å²) in [6, 6.07) is 6.87. The Morgan fingerprint density at radius 1 is 1.45 bits per heavy atom. The molecule has 0 saturated heterocycles. The van der Waals surface area contributed by atoms with E-state index in [9.17, 15) is 14.4 Å². The van der Waals surface area contributed by atoms with Crippen molar-refractivity contribution in [3.8, 4) is 6.07 Å². The number of halogens is 2. The Bertz CT molecular complexity index is 787. The van der Waals surface area contributed by atoms with Crippen molar-refractivity contribution in [1.29, 1.82) is 5.26 Å². The van der Waals surface area contributed by atoms with Crippen LogP contribution in [-0.2, 0) is 6.54 Å². The van der Waals surface area contributed by atoms with Gasteiger partial charge in [0.1, 0.15) is 5.82 Å². The minimum atomic E-state index is -0.526. The molecule has 0 atom stereocenters. The van der Waals surface area contributed by atoms with Gasteiger partial charge in [-0.15, -0.1) is 0 Å². The van der Waals surface area contributed by atoms with E-state index in [1.165, 1.54) is 10.6 Å². The van der Waals surface area contributed by atoms with E-state index in [1.54, 1.807) is 18.3 Å². The molecule has 1 fully saturated rings. The monoisotopic (exact) mass is 334 g/mol. The Labute approximate surface area is 123 Å². The molecule has 1 aromatic heterocycles. The van der Waals surface area contributed by atoms with Crippen molar-refractivity contribution in [2.24, 2.45) is 5.41 Å². The molecule has 0 amide bonds. The Balaban J connectivity index is 2.18. The van der Waals surface area contributed by atoms with Crippen LogP contribution in [0.4, 0.5) is 4.39 Å². The number of pyridine rings is 1. The number of nitrogens with zero attached hydrogens (tertiary/aromatic N) is 2. The lowest BCUT2D eigenvalue weighted by Crippen LogP contribution is -2.36. The smallest absolute Gasteiger partial charge is 0.261 e. The summed E-state index contributed by atoms with van der Waals surface area (Å²) < 4.78 is 16.0. The topological polar surface area (TPSA) is 45.8 Å². The molecule has 0 unspecified atom stereocenters. The fourth-order valence-electron chi connectivity index (χ4n) is 2.70. The second-order valence-corrected chi connectivity index (χ2v) is 6.17. The van der Waals surface area contributed by atoms with E-state index in [-0.39, 0.29) is 10.9 Å². The van der Waals surface area contributed by atoms with Gasteiger partial charge >= 0.3 is 0 Å². The van der Waals surface area contributed by atoms with E-state index in [0.29, 0.717) is 16.4 Å². The first-order chi connectivity index (χ1) is 9.56. The molecule has 1 saturated carbocycles. The highest BCUT2D eigenvalue weighted by molar-refractivity contribution is 9.10. The van der Waals surface area contributed by atoms with Crippen molar-refractivity contribution in [3.05, 3.63) is 45.0 Å². The number of aromatic nitrogens is 1. The minimum Gasteiger partial charge on any atom is -0.312 e. The molecule has 3 rings (SSSR count). The highest BCUT2D eigenvalue weighted by Crippen LogP contribution is 2.41. The van der Waals surface area contributed by atoms with Crippen LogP contribution in [0.25, 0.3) is 10.8 Å². The Kier molecular flexibility index (Phi) is 3.14. The predicted molar refractivity (Wildman–Crippen MR) is 77.8 cm³/mol. The summed E-state index contributed by atoms with van der Waals surface area (Å²) in [5.41, 5.74) is -0.842. The van der Waals surface area contributed by atoms with Crippen LogP contribution in [0.2, 0.25) is 0 Å². The summed E-state index contributed by atoms with van der Waals surface area (Å²) in [4.78, 5) is 12.4. The standard InChI is InChI=1S/C15H12BrFN2O/c16-11-7-19(9-15(8-18)5-2-6-15)14(20)13-10(11)3-1-4-12(13)17/h1,3-4,7H,2,5-6,9H2. The average Bonchev–Trinajstić information content (AvgIpc) is 2.39. The Morgan fingerprint density at radius 2 is 2.20 bits per heavy atom. The van der Waals surface area contributed by atoms with E-state index in [4.69, 9.17) is 0 Å². The number of hydrogen-bond acceptors (Lipinski definition) is 2. The summed E-state index contributed by atoms with van der Waals surface area (Å²) in [6.07, 6.45) is 4.25. The van der Waals surface area contributed by atoms with Crippen molar-refractivity contribution >= 4 is 26.7 Å². The number of nitriles is 1. The first-order valence-corrected chi connectivity index (χ1v) is 7.24. The lowest BCUT2D eigenvalue weighted by molar-refractivity contribution is 0.180. The quantitative estimate of drug-likeness (QED) is 0.842. The van der Waals surface area contributed by atoms with E-state index in [1.807, 2.05) is 0 Å². The lowest BCUT2D eigenvalue weighted by atomic mass is 9.70.